The minimum atomic E-state index is -0.256. The van der Waals surface area contributed by atoms with Crippen molar-refractivity contribution in [2.24, 2.45) is 0 Å². The van der Waals surface area contributed by atoms with Crippen LogP contribution in [0.2, 0.25) is 0 Å². The molecular formula is C26H22N2O3S2. The molecule has 1 aliphatic rings. The molecule has 5 nitrogen and oxygen atoms in total. The number of benzene rings is 3. The highest BCUT2D eigenvalue weighted by Gasteiger charge is 2.32. The van der Waals surface area contributed by atoms with Crippen LogP contribution in [0.3, 0.4) is 0 Å². The van der Waals surface area contributed by atoms with Crippen LogP contribution in [0.1, 0.15) is 16.7 Å². The first-order chi connectivity index (χ1) is 16.0. The van der Waals surface area contributed by atoms with Crippen LogP contribution in [0.5, 0.6) is 5.75 Å². The Balaban J connectivity index is 1.45. The molecule has 1 heterocycles. The van der Waals surface area contributed by atoms with E-state index in [-0.39, 0.29) is 18.4 Å². The van der Waals surface area contributed by atoms with E-state index in [1.54, 1.807) is 17.0 Å². The largest absolute Gasteiger partial charge is 0.483 e. The van der Waals surface area contributed by atoms with Crippen molar-refractivity contribution >= 4 is 51.9 Å². The number of anilines is 1. The highest BCUT2D eigenvalue weighted by atomic mass is 32.2. The van der Waals surface area contributed by atoms with E-state index in [1.807, 2.05) is 79.7 Å². The lowest BCUT2D eigenvalue weighted by Crippen LogP contribution is -2.27. The van der Waals surface area contributed by atoms with Gasteiger partial charge in [0.25, 0.3) is 11.8 Å². The molecule has 0 saturated carbocycles. The van der Waals surface area contributed by atoms with Gasteiger partial charge in [0.05, 0.1) is 11.4 Å². The average Bonchev–Trinajstić information content (AvgIpc) is 3.08. The first kappa shape index (κ1) is 22.8. The molecule has 1 N–H and O–H groups in total. The van der Waals surface area contributed by atoms with Crippen LogP contribution < -0.4 is 10.1 Å². The van der Waals surface area contributed by atoms with Gasteiger partial charge in [-0.1, -0.05) is 90.7 Å². The Morgan fingerprint density at radius 3 is 2.52 bits per heavy atom. The van der Waals surface area contributed by atoms with Crippen LogP contribution in [-0.2, 0) is 16.1 Å². The van der Waals surface area contributed by atoms with Crippen molar-refractivity contribution < 1.29 is 14.3 Å². The van der Waals surface area contributed by atoms with E-state index in [2.05, 4.69) is 5.32 Å². The van der Waals surface area contributed by atoms with Crippen LogP contribution in [0, 0.1) is 6.92 Å². The molecule has 4 rings (SSSR count). The second kappa shape index (κ2) is 10.5. The summed E-state index contributed by atoms with van der Waals surface area (Å²) in [4.78, 5) is 27.5. The second-order valence-corrected chi connectivity index (χ2v) is 9.12. The van der Waals surface area contributed by atoms with Gasteiger partial charge in [-0.15, -0.1) is 0 Å². The van der Waals surface area contributed by atoms with Crippen molar-refractivity contribution in [2.75, 3.05) is 11.9 Å². The van der Waals surface area contributed by atoms with Crippen molar-refractivity contribution in [3.63, 3.8) is 0 Å². The van der Waals surface area contributed by atoms with Crippen molar-refractivity contribution in [3.8, 4) is 5.75 Å². The highest BCUT2D eigenvalue weighted by Crippen LogP contribution is 2.35. The summed E-state index contributed by atoms with van der Waals surface area (Å²) >= 11 is 6.71. The van der Waals surface area contributed by atoms with Gasteiger partial charge in [-0.05, 0) is 36.3 Å². The number of thioether (sulfide) groups is 1. The van der Waals surface area contributed by atoms with Gasteiger partial charge in [0, 0.05) is 11.3 Å². The Labute approximate surface area is 202 Å². The van der Waals surface area contributed by atoms with E-state index in [1.165, 1.54) is 11.8 Å². The molecule has 166 valence electrons. The number of para-hydroxylation sites is 2. The molecular weight excluding hydrogens is 452 g/mol. The zero-order chi connectivity index (χ0) is 23.2. The normalized spacial score (nSPS) is 14.6. The second-order valence-electron chi connectivity index (χ2n) is 7.44. The molecule has 0 atom stereocenters. The quantitative estimate of drug-likeness (QED) is 0.366. The van der Waals surface area contributed by atoms with Gasteiger partial charge < -0.3 is 10.1 Å². The predicted molar refractivity (Wildman–Crippen MR) is 137 cm³/mol. The summed E-state index contributed by atoms with van der Waals surface area (Å²) in [6, 6.07) is 24.6. The van der Waals surface area contributed by atoms with Gasteiger partial charge in [-0.2, -0.15) is 0 Å². The number of carbonyl (C=O) groups is 2. The summed E-state index contributed by atoms with van der Waals surface area (Å²) in [5.74, 6) is 0.125. The number of ether oxygens (including phenoxy) is 1. The summed E-state index contributed by atoms with van der Waals surface area (Å²) in [6.07, 6.45) is 1.76. The number of aryl methyl sites for hydroxylation is 1. The molecule has 1 fully saturated rings. The molecule has 2 amide bonds. The number of nitrogens with zero attached hydrogens (tertiary/aromatic N) is 1. The molecule has 1 saturated heterocycles. The SMILES string of the molecule is Cc1ccccc1NC(=O)COc1ccccc1/C=C1\SC(=S)N(Cc2ccccc2)C1=O. The molecule has 0 aliphatic carbocycles. The lowest BCUT2D eigenvalue weighted by atomic mass is 10.1. The predicted octanol–water partition coefficient (Wildman–Crippen LogP) is 5.41. The lowest BCUT2D eigenvalue weighted by molar-refractivity contribution is -0.122. The first-order valence-electron chi connectivity index (χ1n) is 10.4. The van der Waals surface area contributed by atoms with E-state index in [0.717, 1.165) is 16.8 Å². The van der Waals surface area contributed by atoms with E-state index in [4.69, 9.17) is 17.0 Å². The molecule has 7 heteroatoms. The number of hydrogen-bond acceptors (Lipinski definition) is 5. The smallest absolute Gasteiger partial charge is 0.266 e. The molecule has 3 aromatic carbocycles. The number of amides is 2. The van der Waals surface area contributed by atoms with Crippen molar-refractivity contribution in [2.45, 2.75) is 13.5 Å². The third-order valence-corrected chi connectivity index (χ3v) is 6.42. The van der Waals surface area contributed by atoms with E-state index < -0.39 is 0 Å². The Kier molecular flexibility index (Phi) is 7.22. The Morgan fingerprint density at radius 1 is 1.03 bits per heavy atom. The van der Waals surface area contributed by atoms with Crippen LogP contribution >= 0.6 is 24.0 Å². The maximum Gasteiger partial charge on any atom is 0.266 e. The molecule has 0 unspecified atom stereocenters. The summed E-state index contributed by atoms with van der Waals surface area (Å²) in [5.41, 5.74) is 3.45. The van der Waals surface area contributed by atoms with Crippen LogP contribution in [0.4, 0.5) is 5.69 Å². The number of hydrogen-bond donors (Lipinski definition) is 1. The highest BCUT2D eigenvalue weighted by molar-refractivity contribution is 8.26. The number of rotatable bonds is 7. The number of carbonyl (C=O) groups excluding carboxylic acids is 2. The van der Waals surface area contributed by atoms with Gasteiger partial charge in [0.15, 0.2) is 6.61 Å². The summed E-state index contributed by atoms with van der Waals surface area (Å²) in [7, 11) is 0. The molecule has 33 heavy (non-hydrogen) atoms. The Bertz CT molecular complexity index is 1220. The topological polar surface area (TPSA) is 58.6 Å². The van der Waals surface area contributed by atoms with Gasteiger partial charge in [0.1, 0.15) is 10.1 Å². The van der Waals surface area contributed by atoms with Crippen molar-refractivity contribution in [1.29, 1.82) is 0 Å². The zero-order valence-corrected chi connectivity index (χ0v) is 19.6. The maximum absolute atomic E-state index is 13.0. The van der Waals surface area contributed by atoms with Gasteiger partial charge in [0.2, 0.25) is 0 Å². The Morgan fingerprint density at radius 2 is 1.73 bits per heavy atom. The Hall–Kier alpha value is -3.42. The molecule has 0 bridgehead atoms. The fourth-order valence-corrected chi connectivity index (χ4v) is 4.56. The standard InChI is InChI=1S/C26H22N2O3S2/c1-18-9-5-7-13-21(18)27-24(29)17-31-22-14-8-6-12-20(22)15-23-25(30)28(26(32)33-23)16-19-10-3-2-4-11-19/h2-15H,16-17H2,1H3,(H,27,29)/b23-15-. The summed E-state index contributed by atoms with van der Waals surface area (Å²) in [6.45, 7) is 2.22. The van der Waals surface area contributed by atoms with Crippen LogP contribution in [0.15, 0.2) is 83.8 Å². The summed E-state index contributed by atoms with van der Waals surface area (Å²) < 4.78 is 6.30. The molecule has 0 aromatic heterocycles. The van der Waals surface area contributed by atoms with Gasteiger partial charge in [-0.3, -0.25) is 14.5 Å². The van der Waals surface area contributed by atoms with Crippen LogP contribution in [-0.4, -0.2) is 27.6 Å². The van der Waals surface area contributed by atoms with Crippen molar-refractivity contribution in [1.82, 2.24) is 4.90 Å². The number of thiocarbonyl (C=S) groups is 1. The van der Waals surface area contributed by atoms with E-state index in [9.17, 15) is 9.59 Å². The van der Waals surface area contributed by atoms with E-state index >= 15 is 0 Å². The molecule has 1 aliphatic heterocycles. The monoisotopic (exact) mass is 474 g/mol. The van der Waals surface area contributed by atoms with Crippen molar-refractivity contribution in [3.05, 3.63) is 100 Å². The minimum Gasteiger partial charge on any atom is -0.483 e. The van der Waals surface area contributed by atoms with Gasteiger partial charge >= 0.3 is 0 Å². The fraction of sp³-hybridized carbons (Fsp3) is 0.115. The molecule has 0 radical (unpaired) electrons. The number of nitrogens with one attached hydrogen (secondary N) is 1. The third-order valence-electron chi connectivity index (χ3n) is 5.04. The van der Waals surface area contributed by atoms with E-state index in [0.29, 0.717) is 27.1 Å². The molecule has 0 spiro atoms. The average molecular weight is 475 g/mol. The lowest BCUT2D eigenvalue weighted by Gasteiger charge is -2.14. The minimum absolute atomic E-state index is 0.138. The van der Waals surface area contributed by atoms with Crippen LogP contribution in [0.25, 0.3) is 6.08 Å². The maximum atomic E-state index is 13.0. The summed E-state index contributed by atoms with van der Waals surface area (Å²) in [5, 5.41) is 2.85. The zero-order valence-electron chi connectivity index (χ0n) is 18.0. The van der Waals surface area contributed by atoms with Gasteiger partial charge in [-0.25, -0.2) is 0 Å². The third kappa shape index (κ3) is 5.69. The fourth-order valence-electron chi connectivity index (χ4n) is 3.32. The molecule has 3 aromatic rings. The first-order valence-corrected chi connectivity index (χ1v) is 11.6.